The van der Waals surface area contributed by atoms with Crippen LogP contribution in [0.1, 0.15) is 12.5 Å². The molecule has 0 radical (unpaired) electrons. The zero-order valence-electron chi connectivity index (χ0n) is 10.9. The second-order valence-electron chi connectivity index (χ2n) is 4.25. The van der Waals surface area contributed by atoms with Gasteiger partial charge >= 0.3 is 5.97 Å². The quantitative estimate of drug-likeness (QED) is 0.745. The Morgan fingerprint density at radius 1 is 1.44 bits per heavy atom. The Bertz CT molecular complexity index is 404. The normalized spacial score (nSPS) is 13.8. The number of hydrogen-bond donors (Lipinski definition) is 2. The fourth-order valence-electron chi connectivity index (χ4n) is 1.50. The molecule has 0 saturated carbocycles. The van der Waals surface area contributed by atoms with Crippen molar-refractivity contribution in [1.29, 1.82) is 0 Å². The van der Waals surface area contributed by atoms with Crippen LogP contribution < -0.4 is 5.32 Å². The Morgan fingerprint density at radius 3 is 2.78 bits per heavy atom. The number of anilines is 1. The lowest BCUT2D eigenvalue weighted by molar-refractivity contribution is -0.158. The number of carbonyl (C=O) groups excluding carboxylic acids is 1. The monoisotopic (exact) mass is 253 g/mol. The minimum atomic E-state index is -1.55. The van der Waals surface area contributed by atoms with Gasteiger partial charge in [-0.1, -0.05) is 12.1 Å². The molecule has 1 unspecified atom stereocenters. The van der Waals surface area contributed by atoms with Gasteiger partial charge < -0.3 is 19.9 Å². The number of nitrogens with one attached hydrogen (secondary N) is 1. The maximum Gasteiger partial charge on any atom is 0.339 e. The van der Waals surface area contributed by atoms with Gasteiger partial charge in [0.05, 0.1) is 20.3 Å². The summed E-state index contributed by atoms with van der Waals surface area (Å²) >= 11 is 0. The second kappa shape index (κ2) is 6.37. The van der Waals surface area contributed by atoms with Crippen LogP contribution in [0.25, 0.3) is 0 Å². The number of carbonyl (C=O) groups is 1. The van der Waals surface area contributed by atoms with Gasteiger partial charge in [0.15, 0.2) is 5.60 Å². The lowest BCUT2D eigenvalue weighted by atomic mass is 10.1. The molecule has 0 aliphatic carbocycles. The van der Waals surface area contributed by atoms with E-state index in [0.717, 1.165) is 11.3 Å². The first-order valence-corrected chi connectivity index (χ1v) is 5.62. The molecule has 1 atom stereocenters. The molecule has 2 N–H and O–H groups in total. The number of methoxy groups -OCH3 is 2. The molecular formula is C13H19NO4. The minimum Gasteiger partial charge on any atom is -0.467 e. The number of esters is 1. The molecule has 0 spiro atoms. The summed E-state index contributed by atoms with van der Waals surface area (Å²) in [6.45, 7) is 2.00. The maximum absolute atomic E-state index is 11.3. The van der Waals surface area contributed by atoms with Gasteiger partial charge in [0, 0.05) is 12.8 Å². The first-order valence-electron chi connectivity index (χ1n) is 5.62. The highest BCUT2D eigenvalue weighted by molar-refractivity contribution is 5.79. The van der Waals surface area contributed by atoms with E-state index in [-0.39, 0.29) is 6.54 Å². The summed E-state index contributed by atoms with van der Waals surface area (Å²) in [7, 11) is 2.87. The first kappa shape index (κ1) is 14.5. The zero-order chi connectivity index (χ0) is 13.6. The van der Waals surface area contributed by atoms with E-state index in [1.165, 1.54) is 14.0 Å². The number of aliphatic hydroxyl groups is 1. The molecule has 1 rings (SSSR count). The second-order valence-corrected chi connectivity index (χ2v) is 4.25. The van der Waals surface area contributed by atoms with Crippen molar-refractivity contribution in [3.63, 3.8) is 0 Å². The Labute approximate surface area is 107 Å². The fourth-order valence-corrected chi connectivity index (χ4v) is 1.50. The molecule has 18 heavy (non-hydrogen) atoms. The van der Waals surface area contributed by atoms with Crippen molar-refractivity contribution in [1.82, 2.24) is 0 Å². The van der Waals surface area contributed by atoms with Crippen molar-refractivity contribution in [2.45, 2.75) is 19.1 Å². The summed E-state index contributed by atoms with van der Waals surface area (Å²) in [6, 6.07) is 7.57. The zero-order valence-corrected chi connectivity index (χ0v) is 10.9. The third kappa shape index (κ3) is 4.01. The molecule has 0 fully saturated rings. The summed E-state index contributed by atoms with van der Waals surface area (Å²) in [6.07, 6.45) is 0. The van der Waals surface area contributed by atoms with Crippen LogP contribution in [0.15, 0.2) is 24.3 Å². The first-order chi connectivity index (χ1) is 8.49. The summed E-state index contributed by atoms with van der Waals surface area (Å²) in [5.41, 5.74) is 0.278. The molecule has 1 aromatic rings. The predicted octanol–water partition coefficient (Wildman–Crippen LogP) is 1.17. The Kier molecular flexibility index (Phi) is 5.12. The molecule has 0 aliphatic rings. The van der Waals surface area contributed by atoms with E-state index in [0.29, 0.717) is 6.61 Å². The SMILES string of the molecule is COCc1cccc(NCC(C)(O)C(=O)OC)c1. The van der Waals surface area contributed by atoms with Crippen LogP contribution >= 0.6 is 0 Å². The van der Waals surface area contributed by atoms with Crippen molar-refractivity contribution in [2.75, 3.05) is 26.1 Å². The van der Waals surface area contributed by atoms with E-state index >= 15 is 0 Å². The van der Waals surface area contributed by atoms with Crippen molar-refractivity contribution < 1.29 is 19.4 Å². The van der Waals surface area contributed by atoms with E-state index in [4.69, 9.17) is 4.74 Å². The van der Waals surface area contributed by atoms with Gasteiger partial charge in [0.1, 0.15) is 0 Å². The largest absolute Gasteiger partial charge is 0.467 e. The molecule has 5 nitrogen and oxygen atoms in total. The summed E-state index contributed by atoms with van der Waals surface area (Å²) in [5, 5.41) is 12.8. The third-order valence-corrected chi connectivity index (χ3v) is 2.50. The van der Waals surface area contributed by atoms with E-state index in [9.17, 15) is 9.90 Å². The molecule has 5 heteroatoms. The summed E-state index contributed by atoms with van der Waals surface area (Å²) < 4.78 is 9.55. The van der Waals surface area contributed by atoms with Crippen molar-refractivity contribution in [2.24, 2.45) is 0 Å². The van der Waals surface area contributed by atoms with Crippen LogP contribution in [0.2, 0.25) is 0 Å². The van der Waals surface area contributed by atoms with E-state index in [2.05, 4.69) is 10.1 Å². The highest BCUT2D eigenvalue weighted by Gasteiger charge is 2.31. The van der Waals surface area contributed by atoms with Gasteiger partial charge in [-0.05, 0) is 24.6 Å². The molecule has 0 aliphatic heterocycles. The van der Waals surface area contributed by atoms with Gasteiger partial charge in [0.25, 0.3) is 0 Å². The standard InChI is InChI=1S/C13H19NO4/c1-13(16,12(15)18-3)9-14-11-6-4-5-10(7-11)8-17-2/h4-7,14,16H,8-9H2,1-3H3. The van der Waals surface area contributed by atoms with Gasteiger partial charge in [-0.3, -0.25) is 0 Å². The topological polar surface area (TPSA) is 67.8 Å². The van der Waals surface area contributed by atoms with Crippen LogP contribution in [0.5, 0.6) is 0 Å². The fraction of sp³-hybridized carbons (Fsp3) is 0.462. The van der Waals surface area contributed by atoms with E-state index in [1.807, 2.05) is 24.3 Å². The number of ether oxygens (including phenoxy) is 2. The van der Waals surface area contributed by atoms with Crippen LogP contribution in [0.4, 0.5) is 5.69 Å². The molecule has 0 amide bonds. The lowest BCUT2D eigenvalue weighted by Crippen LogP contribution is -2.42. The minimum absolute atomic E-state index is 0.0795. The Balaban J connectivity index is 2.63. The van der Waals surface area contributed by atoms with Crippen molar-refractivity contribution in [3.05, 3.63) is 29.8 Å². The van der Waals surface area contributed by atoms with Crippen LogP contribution in [-0.2, 0) is 20.9 Å². The van der Waals surface area contributed by atoms with Gasteiger partial charge in [-0.15, -0.1) is 0 Å². The lowest BCUT2D eigenvalue weighted by Gasteiger charge is -2.21. The summed E-state index contributed by atoms with van der Waals surface area (Å²) in [5.74, 6) is -0.664. The number of rotatable bonds is 6. The smallest absolute Gasteiger partial charge is 0.339 e. The van der Waals surface area contributed by atoms with Crippen LogP contribution in [0, 0.1) is 0 Å². The van der Waals surface area contributed by atoms with Gasteiger partial charge in [-0.2, -0.15) is 0 Å². The van der Waals surface area contributed by atoms with Gasteiger partial charge in [0.2, 0.25) is 0 Å². The molecule has 0 bridgehead atoms. The van der Waals surface area contributed by atoms with E-state index < -0.39 is 11.6 Å². The molecule has 1 aromatic carbocycles. The Hall–Kier alpha value is -1.59. The predicted molar refractivity (Wildman–Crippen MR) is 68.3 cm³/mol. The van der Waals surface area contributed by atoms with Crippen LogP contribution in [-0.4, -0.2) is 37.4 Å². The third-order valence-electron chi connectivity index (χ3n) is 2.50. The van der Waals surface area contributed by atoms with Gasteiger partial charge in [-0.25, -0.2) is 4.79 Å². The maximum atomic E-state index is 11.3. The van der Waals surface area contributed by atoms with E-state index in [1.54, 1.807) is 7.11 Å². The molecule has 0 heterocycles. The Morgan fingerprint density at radius 2 is 2.17 bits per heavy atom. The highest BCUT2D eigenvalue weighted by atomic mass is 16.5. The average molecular weight is 253 g/mol. The number of benzene rings is 1. The highest BCUT2D eigenvalue weighted by Crippen LogP contribution is 2.13. The van der Waals surface area contributed by atoms with Crippen molar-refractivity contribution in [3.8, 4) is 0 Å². The average Bonchev–Trinajstić information content (AvgIpc) is 2.36. The van der Waals surface area contributed by atoms with Crippen molar-refractivity contribution >= 4 is 11.7 Å². The summed E-state index contributed by atoms with van der Waals surface area (Å²) in [4.78, 5) is 11.3. The molecule has 100 valence electrons. The molecule has 0 saturated heterocycles. The molecule has 0 aromatic heterocycles. The number of hydrogen-bond acceptors (Lipinski definition) is 5. The van der Waals surface area contributed by atoms with Crippen LogP contribution in [0.3, 0.4) is 0 Å². The molecular weight excluding hydrogens is 234 g/mol.